The van der Waals surface area contributed by atoms with Crippen molar-refractivity contribution >= 4 is 21.5 Å². The maximum atomic E-state index is 13.5. The van der Waals surface area contributed by atoms with E-state index in [4.69, 9.17) is 9.72 Å². The molecule has 0 amide bonds. The Morgan fingerprint density at radius 2 is 1.62 bits per heavy atom. The molecule has 3 aromatic rings. The summed E-state index contributed by atoms with van der Waals surface area (Å²) in [5, 5.41) is 16.6. The second kappa shape index (κ2) is 11.1. The van der Waals surface area contributed by atoms with Gasteiger partial charge in [0.25, 0.3) is 0 Å². The summed E-state index contributed by atoms with van der Waals surface area (Å²) in [6, 6.07) is 19.7. The molecule has 2 fully saturated rings. The average Bonchev–Trinajstić information content (AvgIpc) is 3.39. The third-order valence-electron chi connectivity index (χ3n) is 6.93. The van der Waals surface area contributed by atoms with E-state index in [1.807, 2.05) is 24.3 Å². The minimum atomic E-state index is -3.74. The van der Waals surface area contributed by atoms with E-state index in [-0.39, 0.29) is 34.1 Å². The van der Waals surface area contributed by atoms with Crippen LogP contribution in [-0.4, -0.2) is 43.9 Å². The van der Waals surface area contributed by atoms with Crippen molar-refractivity contribution in [1.29, 1.82) is 0 Å². The van der Waals surface area contributed by atoms with Gasteiger partial charge in [0.15, 0.2) is 0 Å². The lowest BCUT2D eigenvalue weighted by molar-refractivity contribution is 0.126. The van der Waals surface area contributed by atoms with E-state index < -0.39 is 9.84 Å². The van der Waals surface area contributed by atoms with Crippen LogP contribution in [0.1, 0.15) is 43.7 Å². The quantitative estimate of drug-likeness (QED) is 0.301. The summed E-state index contributed by atoms with van der Waals surface area (Å²) in [5.74, 6) is 1.75. The highest BCUT2D eigenvalue weighted by molar-refractivity contribution is 7.91. The molecule has 10 heteroatoms. The van der Waals surface area contributed by atoms with Crippen molar-refractivity contribution in [2.24, 2.45) is 0 Å². The SMILES string of the molecule is COc1cccc(C2CC(Nc3cc(S(=O)(=O)c4ccccc4)cc(NC4CCC(O)CC4)n3)NN2)c1. The molecular weight excluding hydrogens is 490 g/mol. The highest BCUT2D eigenvalue weighted by atomic mass is 32.2. The molecule has 2 aliphatic rings. The first kappa shape index (κ1) is 25.5. The van der Waals surface area contributed by atoms with Crippen LogP contribution in [0.2, 0.25) is 0 Å². The maximum absolute atomic E-state index is 13.5. The van der Waals surface area contributed by atoms with Crippen LogP contribution in [0.15, 0.2) is 76.5 Å². The van der Waals surface area contributed by atoms with E-state index in [9.17, 15) is 13.5 Å². The molecular formula is C27H33N5O4S. The van der Waals surface area contributed by atoms with E-state index in [0.29, 0.717) is 30.9 Å². The topological polar surface area (TPSA) is 125 Å². The third-order valence-corrected chi connectivity index (χ3v) is 8.68. The van der Waals surface area contributed by atoms with Crippen LogP contribution in [0.4, 0.5) is 11.6 Å². The van der Waals surface area contributed by atoms with Gasteiger partial charge in [-0.25, -0.2) is 24.3 Å². The molecule has 1 saturated heterocycles. The van der Waals surface area contributed by atoms with Crippen molar-refractivity contribution in [3.63, 3.8) is 0 Å². The first-order valence-corrected chi connectivity index (χ1v) is 14.1. The lowest BCUT2D eigenvalue weighted by atomic mass is 9.93. The first-order chi connectivity index (χ1) is 17.9. The Labute approximate surface area is 217 Å². The van der Waals surface area contributed by atoms with Crippen molar-refractivity contribution in [2.45, 2.75) is 66.2 Å². The Hall–Kier alpha value is -3.18. The van der Waals surface area contributed by atoms with Crippen molar-refractivity contribution in [3.05, 3.63) is 72.3 Å². The van der Waals surface area contributed by atoms with Crippen LogP contribution in [-0.2, 0) is 9.84 Å². The molecule has 1 aliphatic carbocycles. The molecule has 0 bridgehead atoms. The molecule has 196 valence electrons. The average molecular weight is 524 g/mol. The van der Waals surface area contributed by atoms with Crippen molar-refractivity contribution in [1.82, 2.24) is 15.8 Å². The standard InChI is InChI=1S/C27H33N5O4S/c1-36-21-7-5-6-18(14-21)24-17-27(32-31-24)30-26-16-23(37(34,35)22-8-3-2-4-9-22)15-25(29-26)28-19-10-12-20(33)13-11-19/h2-9,14-16,19-20,24,27,31-33H,10-13,17H2,1H3,(H2,28,29,30). The van der Waals surface area contributed by atoms with Crippen LogP contribution < -0.4 is 26.2 Å². The van der Waals surface area contributed by atoms with Gasteiger partial charge in [0, 0.05) is 18.5 Å². The van der Waals surface area contributed by atoms with Crippen LogP contribution in [0.5, 0.6) is 5.75 Å². The molecule has 5 rings (SSSR count). The number of nitrogens with zero attached hydrogens (tertiary/aromatic N) is 1. The minimum Gasteiger partial charge on any atom is -0.497 e. The van der Waals surface area contributed by atoms with Crippen LogP contribution in [0.3, 0.4) is 0 Å². The Bertz CT molecular complexity index is 1310. The number of benzene rings is 2. The second-order valence-corrected chi connectivity index (χ2v) is 11.5. The van der Waals surface area contributed by atoms with Crippen molar-refractivity contribution < 1.29 is 18.3 Å². The Kier molecular flexibility index (Phi) is 7.61. The Morgan fingerprint density at radius 3 is 2.35 bits per heavy atom. The normalized spacial score (nSPS) is 23.9. The summed E-state index contributed by atoms with van der Waals surface area (Å²) in [6.45, 7) is 0. The molecule has 2 aromatic carbocycles. The fraction of sp³-hybridized carbons (Fsp3) is 0.370. The maximum Gasteiger partial charge on any atom is 0.206 e. The molecule has 2 atom stereocenters. The van der Waals surface area contributed by atoms with Gasteiger partial charge in [-0.1, -0.05) is 30.3 Å². The van der Waals surface area contributed by atoms with E-state index in [1.54, 1.807) is 49.6 Å². The number of pyridine rings is 1. The molecule has 1 aliphatic heterocycles. The van der Waals surface area contributed by atoms with Crippen molar-refractivity contribution in [2.75, 3.05) is 17.7 Å². The van der Waals surface area contributed by atoms with Gasteiger partial charge in [0.2, 0.25) is 9.84 Å². The van der Waals surface area contributed by atoms with E-state index in [2.05, 4.69) is 21.5 Å². The van der Waals surface area contributed by atoms with Crippen LogP contribution in [0, 0.1) is 0 Å². The molecule has 0 radical (unpaired) electrons. The summed E-state index contributed by atoms with van der Waals surface area (Å²) < 4.78 is 32.3. The lowest BCUT2D eigenvalue weighted by Crippen LogP contribution is -2.36. The number of aromatic nitrogens is 1. The monoisotopic (exact) mass is 523 g/mol. The summed E-state index contributed by atoms with van der Waals surface area (Å²) >= 11 is 0. The second-order valence-electron chi connectivity index (χ2n) is 9.59. The zero-order chi connectivity index (χ0) is 25.8. The summed E-state index contributed by atoms with van der Waals surface area (Å²) in [5.41, 5.74) is 7.63. The van der Waals surface area contributed by atoms with Gasteiger partial charge in [0.05, 0.1) is 29.2 Å². The van der Waals surface area contributed by atoms with Gasteiger partial charge in [-0.3, -0.25) is 0 Å². The van der Waals surface area contributed by atoms with Crippen LogP contribution in [0.25, 0.3) is 0 Å². The molecule has 2 unspecified atom stereocenters. The number of hydrogen-bond donors (Lipinski definition) is 5. The summed E-state index contributed by atoms with van der Waals surface area (Å²) in [6.07, 6.45) is 3.31. The highest BCUT2D eigenvalue weighted by Crippen LogP contribution is 2.30. The molecule has 5 N–H and O–H groups in total. The lowest BCUT2D eigenvalue weighted by Gasteiger charge is -2.27. The van der Waals surface area contributed by atoms with Gasteiger partial charge in [-0.05, 0) is 67.6 Å². The van der Waals surface area contributed by atoms with E-state index in [0.717, 1.165) is 24.2 Å². The molecule has 37 heavy (non-hydrogen) atoms. The minimum absolute atomic E-state index is 0.0510. The van der Waals surface area contributed by atoms with Gasteiger partial charge in [-0.15, -0.1) is 0 Å². The zero-order valence-corrected chi connectivity index (χ0v) is 21.5. The number of nitrogens with one attached hydrogen (secondary N) is 4. The number of methoxy groups -OCH3 is 1. The largest absolute Gasteiger partial charge is 0.497 e. The smallest absolute Gasteiger partial charge is 0.206 e. The van der Waals surface area contributed by atoms with Gasteiger partial charge in [0.1, 0.15) is 17.4 Å². The number of sulfone groups is 1. The number of ether oxygens (including phenoxy) is 1. The first-order valence-electron chi connectivity index (χ1n) is 12.6. The predicted molar refractivity (Wildman–Crippen MR) is 142 cm³/mol. The number of aliphatic hydroxyl groups excluding tert-OH is 1. The number of hydrogen-bond acceptors (Lipinski definition) is 9. The zero-order valence-electron chi connectivity index (χ0n) is 20.7. The van der Waals surface area contributed by atoms with Gasteiger partial charge >= 0.3 is 0 Å². The highest BCUT2D eigenvalue weighted by Gasteiger charge is 2.27. The third kappa shape index (κ3) is 6.04. The predicted octanol–water partition coefficient (Wildman–Crippen LogP) is 3.62. The molecule has 9 nitrogen and oxygen atoms in total. The van der Waals surface area contributed by atoms with Crippen LogP contribution >= 0.6 is 0 Å². The summed E-state index contributed by atoms with van der Waals surface area (Å²) in [4.78, 5) is 5.11. The fourth-order valence-corrected chi connectivity index (χ4v) is 6.20. The number of anilines is 2. The Balaban J connectivity index is 1.38. The number of aliphatic hydroxyl groups is 1. The van der Waals surface area contributed by atoms with Crippen molar-refractivity contribution in [3.8, 4) is 5.75 Å². The molecule has 1 aromatic heterocycles. The number of rotatable bonds is 8. The van der Waals surface area contributed by atoms with E-state index >= 15 is 0 Å². The molecule has 2 heterocycles. The fourth-order valence-electron chi connectivity index (χ4n) is 4.88. The van der Waals surface area contributed by atoms with E-state index in [1.165, 1.54) is 0 Å². The summed E-state index contributed by atoms with van der Waals surface area (Å²) in [7, 11) is -2.09. The molecule has 1 saturated carbocycles. The van der Waals surface area contributed by atoms with Gasteiger partial charge < -0.3 is 20.5 Å². The van der Waals surface area contributed by atoms with Gasteiger partial charge in [-0.2, -0.15) is 0 Å². The number of hydrazine groups is 1. The Morgan fingerprint density at radius 1 is 0.892 bits per heavy atom. The molecule has 0 spiro atoms.